The van der Waals surface area contributed by atoms with Gasteiger partial charge >= 0.3 is 6.09 Å². The lowest BCUT2D eigenvalue weighted by Crippen LogP contribution is -2.54. The first-order chi connectivity index (χ1) is 13.6. The zero-order valence-electron chi connectivity index (χ0n) is 16.9. The molecule has 8 nitrogen and oxygen atoms in total. The summed E-state index contributed by atoms with van der Waals surface area (Å²) in [6.45, 7) is 6.63. The highest BCUT2D eigenvalue weighted by Gasteiger charge is 2.31. The van der Waals surface area contributed by atoms with E-state index in [4.69, 9.17) is 4.74 Å². The van der Waals surface area contributed by atoms with Gasteiger partial charge in [0.2, 0.25) is 15.9 Å². The van der Waals surface area contributed by atoms with Crippen LogP contribution < -0.4 is 10.0 Å². The van der Waals surface area contributed by atoms with Crippen LogP contribution in [0.15, 0.2) is 33.6 Å². The molecule has 1 aliphatic rings. The third kappa shape index (κ3) is 6.68. The SMILES string of the molecule is CCOC(=O)N1CCC(NC(=O)[C@@H](NS(=O)(=O)c2ccc(Br)cc2)C(C)C)CC1. The van der Waals surface area contributed by atoms with Gasteiger partial charge in [0.25, 0.3) is 0 Å². The van der Waals surface area contributed by atoms with E-state index < -0.39 is 16.1 Å². The van der Waals surface area contributed by atoms with Gasteiger partial charge in [0.05, 0.1) is 11.5 Å². The Labute approximate surface area is 180 Å². The molecule has 1 heterocycles. The molecular formula is C19H28BrN3O5S. The molecule has 0 aromatic heterocycles. The quantitative estimate of drug-likeness (QED) is 0.611. The molecule has 2 rings (SSSR count). The summed E-state index contributed by atoms with van der Waals surface area (Å²) in [6, 6.07) is 5.21. The summed E-state index contributed by atoms with van der Waals surface area (Å²) >= 11 is 3.27. The first-order valence-corrected chi connectivity index (χ1v) is 11.9. The summed E-state index contributed by atoms with van der Waals surface area (Å²) in [7, 11) is -3.83. The number of hydrogen-bond donors (Lipinski definition) is 2. The van der Waals surface area contributed by atoms with Gasteiger partial charge in [-0.15, -0.1) is 0 Å². The van der Waals surface area contributed by atoms with Gasteiger partial charge in [-0.05, 0) is 49.9 Å². The molecule has 29 heavy (non-hydrogen) atoms. The zero-order chi connectivity index (χ0) is 21.6. The highest BCUT2D eigenvalue weighted by atomic mass is 79.9. The second-order valence-electron chi connectivity index (χ2n) is 7.27. The second-order valence-corrected chi connectivity index (χ2v) is 9.90. The van der Waals surface area contributed by atoms with Crippen LogP contribution in [-0.2, 0) is 19.6 Å². The molecule has 1 aliphatic heterocycles. The van der Waals surface area contributed by atoms with E-state index in [1.165, 1.54) is 12.1 Å². The zero-order valence-corrected chi connectivity index (χ0v) is 19.3. The van der Waals surface area contributed by atoms with Gasteiger partial charge in [0.1, 0.15) is 6.04 Å². The van der Waals surface area contributed by atoms with Crippen molar-refractivity contribution < 1.29 is 22.7 Å². The van der Waals surface area contributed by atoms with E-state index in [1.807, 2.05) is 0 Å². The standard InChI is InChI=1S/C19H28BrN3O5S/c1-4-28-19(25)23-11-9-15(10-12-23)21-18(24)17(13(2)3)22-29(26,27)16-7-5-14(20)6-8-16/h5-8,13,15,17,22H,4,9-12H2,1-3H3,(H,21,24)/t17-/m0/s1. The molecule has 0 unspecified atom stereocenters. The Bertz CT molecular complexity index is 806. The number of carbonyl (C=O) groups excluding carboxylic acids is 2. The van der Waals surface area contributed by atoms with Gasteiger partial charge in [0, 0.05) is 23.6 Å². The average Bonchev–Trinajstić information content (AvgIpc) is 2.67. The summed E-state index contributed by atoms with van der Waals surface area (Å²) in [5.74, 6) is -0.602. The number of halogens is 1. The number of piperidine rings is 1. The van der Waals surface area contributed by atoms with Crippen LogP contribution in [0.3, 0.4) is 0 Å². The first-order valence-electron chi connectivity index (χ1n) is 9.64. The van der Waals surface area contributed by atoms with Crippen molar-refractivity contribution >= 4 is 38.0 Å². The van der Waals surface area contributed by atoms with E-state index in [2.05, 4.69) is 26.0 Å². The summed E-state index contributed by atoms with van der Waals surface area (Å²) in [5.41, 5.74) is 0. The van der Waals surface area contributed by atoms with Gasteiger partial charge in [0.15, 0.2) is 0 Å². The molecule has 10 heteroatoms. The van der Waals surface area contributed by atoms with E-state index in [-0.39, 0.29) is 28.9 Å². The molecule has 1 saturated heterocycles. The molecule has 0 aliphatic carbocycles. The van der Waals surface area contributed by atoms with Crippen molar-refractivity contribution in [3.8, 4) is 0 Å². The number of amides is 2. The van der Waals surface area contributed by atoms with Crippen LogP contribution in [0.25, 0.3) is 0 Å². The van der Waals surface area contributed by atoms with Crippen LogP contribution in [0.4, 0.5) is 4.79 Å². The van der Waals surface area contributed by atoms with Gasteiger partial charge < -0.3 is 15.0 Å². The number of nitrogens with one attached hydrogen (secondary N) is 2. The molecule has 1 aromatic carbocycles. The molecular weight excluding hydrogens is 462 g/mol. The van der Waals surface area contributed by atoms with Crippen molar-refractivity contribution in [3.05, 3.63) is 28.7 Å². The van der Waals surface area contributed by atoms with E-state index in [1.54, 1.807) is 37.8 Å². The smallest absolute Gasteiger partial charge is 0.409 e. The molecule has 1 atom stereocenters. The second kappa shape index (κ2) is 10.4. The minimum absolute atomic E-state index is 0.0990. The minimum atomic E-state index is -3.83. The Kier molecular flexibility index (Phi) is 8.47. The summed E-state index contributed by atoms with van der Waals surface area (Å²) < 4.78 is 33.6. The van der Waals surface area contributed by atoms with Gasteiger partial charge in [-0.3, -0.25) is 4.79 Å². The lowest BCUT2D eigenvalue weighted by atomic mass is 10.0. The fourth-order valence-corrected chi connectivity index (χ4v) is 4.66. The number of carbonyl (C=O) groups is 2. The molecule has 2 amide bonds. The third-order valence-electron chi connectivity index (χ3n) is 4.72. The summed E-state index contributed by atoms with van der Waals surface area (Å²) in [4.78, 5) is 26.3. The number of hydrogen-bond acceptors (Lipinski definition) is 5. The van der Waals surface area contributed by atoms with E-state index in [9.17, 15) is 18.0 Å². The maximum Gasteiger partial charge on any atom is 0.409 e. The van der Waals surface area contributed by atoms with Crippen molar-refractivity contribution in [2.45, 2.75) is 50.6 Å². The Morgan fingerprint density at radius 1 is 1.21 bits per heavy atom. The third-order valence-corrected chi connectivity index (χ3v) is 6.71. The average molecular weight is 490 g/mol. The lowest BCUT2D eigenvalue weighted by molar-refractivity contribution is -0.124. The highest BCUT2D eigenvalue weighted by Crippen LogP contribution is 2.17. The number of benzene rings is 1. The molecule has 0 radical (unpaired) electrons. The minimum Gasteiger partial charge on any atom is -0.450 e. The number of likely N-dealkylation sites (tertiary alicyclic amines) is 1. The van der Waals surface area contributed by atoms with E-state index >= 15 is 0 Å². The number of sulfonamides is 1. The lowest BCUT2D eigenvalue weighted by Gasteiger charge is -2.33. The predicted molar refractivity (Wildman–Crippen MR) is 113 cm³/mol. The molecule has 0 bridgehead atoms. The van der Waals surface area contributed by atoms with Crippen molar-refractivity contribution in [1.29, 1.82) is 0 Å². The van der Waals surface area contributed by atoms with Crippen LogP contribution in [0.5, 0.6) is 0 Å². The van der Waals surface area contributed by atoms with E-state index in [0.29, 0.717) is 32.5 Å². The number of rotatable bonds is 7. The fraction of sp³-hybridized carbons (Fsp3) is 0.579. The number of ether oxygens (including phenoxy) is 1. The summed E-state index contributed by atoms with van der Waals surface area (Å²) in [5, 5.41) is 2.92. The Balaban J connectivity index is 1.98. The summed E-state index contributed by atoms with van der Waals surface area (Å²) in [6.07, 6.45) is 0.837. The Hall–Kier alpha value is -1.65. The van der Waals surface area contributed by atoms with Gasteiger partial charge in [-0.1, -0.05) is 29.8 Å². The maximum atomic E-state index is 12.8. The van der Waals surface area contributed by atoms with Crippen molar-refractivity contribution in [3.63, 3.8) is 0 Å². The Morgan fingerprint density at radius 2 is 1.79 bits per heavy atom. The van der Waals surface area contributed by atoms with Crippen LogP contribution in [0.1, 0.15) is 33.6 Å². The van der Waals surface area contributed by atoms with Crippen LogP contribution >= 0.6 is 15.9 Å². The maximum absolute atomic E-state index is 12.8. The fourth-order valence-electron chi connectivity index (χ4n) is 3.05. The van der Waals surface area contributed by atoms with Gasteiger partial charge in [-0.25, -0.2) is 13.2 Å². The van der Waals surface area contributed by atoms with Crippen molar-refractivity contribution in [1.82, 2.24) is 14.9 Å². The van der Waals surface area contributed by atoms with Crippen LogP contribution in [0.2, 0.25) is 0 Å². The largest absolute Gasteiger partial charge is 0.450 e. The molecule has 1 aromatic rings. The molecule has 2 N–H and O–H groups in total. The normalized spacial score (nSPS) is 16.5. The van der Waals surface area contributed by atoms with Crippen LogP contribution in [-0.4, -0.2) is 57.1 Å². The molecule has 0 saturated carbocycles. The first kappa shape index (κ1) is 23.6. The van der Waals surface area contributed by atoms with Crippen molar-refractivity contribution in [2.75, 3.05) is 19.7 Å². The number of nitrogens with zero attached hydrogens (tertiary/aromatic N) is 1. The van der Waals surface area contributed by atoms with E-state index in [0.717, 1.165) is 4.47 Å². The Morgan fingerprint density at radius 3 is 2.31 bits per heavy atom. The molecule has 1 fully saturated rings. The van der Waals surface area contributed by atoms with Gasteiger partial charge in [-0.2, -0.15) is 4.72 Å². The topological polar surface area (TPSA) is 105 Å². The monoisotopic (exact) mass is 489 g/mol. The van der Waals surface area contributed by atoms with Crippen LogP contribution in [0, 0.1) is 5.92 Å². The molecule has 0 spiro atoms. The molecule has 162 valence electrons. The van der Waals surface area contributed by atoms with Crippen molar-refractivity contribution in [2.24, 2.45) is 5.92 Å². The predicted octanol–water partition coefficient (Wildman–Crippen LogP) is 2.49. The highest BCUT2D eigenvalue weighted by molar-refractivity contribution is 9.10.